The summed E-state index contributed by atoms with van der Waals surface area (Å²) in [6.45, 7) is 2.10. The Bertz CT molecular complexity index is 479. The average Bonchev–Trinajstić information content (AvgIpc) is 2.29. The third-order valence-corrected chi connectivity index (χ3v) is 2.73. The van der Waals surface area contributed by atoms with Crippen molar-refractivity contribution in [3.8, 4) is 0 Å². The van der Waals surface area contributed by atoms with Crippen LogP contribution in [0.25, 0.3) is 10.8 Å². The van der Waals surface area contributed by atoms with E-state index in [9.17, 15) is 0 Å². The van der Waals surface area contributed by atoms with E-state index >= 15 is 0 Å². The van der Waals surface area contributed by atoms with Gasteiger partial charge in [-0.2, -0.15) is 0 Å². The Labute approximate surface area is 95.1 Å². The van der Waals surface area contributed by atoms with Gasteiger partial charge in [-0.25, -0.2) is 0 Å². The molecule has 2 rings (SSSR count). The molecule has 0 saturated carbocycles. The van der Waals surface area contributed by atoms with Gasteiger partial charge in [0, 0.05) is 6.04 Å². The largest absolute Gasteiger partial charge is 0.376 e. The lowest BCUT2D eigenvalue weighted by Gasteiger charge is -2.12. The number of hydrogen-bond donors (Lipinski definition) is 1. The van der Waals surface area contributed by atoms with E-state index in [-0.39, 0.29) is 6.04 Å². The molecule has 0 radical (unpaired) electrons. The van der Waals surface area contributed by atoms with Gasteiger partial charge in [-0.05, 0) is 29.3 Å². The van der Waals surface area contributed by atoms with Crippen molar-refractivity contribution in [1.82, 2.24) is 5.32 Å². The summed E-state index contributed by atoms with van der Waals surface area (Å²) in [6.07, 6.45) is 0. The Hall–Kier alpha value is -1.41. The number of nitrogens with one attached hydrogen (secondary N) is 1. The van der Waals surface area contributed by atoms with Crippen molar-refractivity contribution in [3.05, 3.63) is 48.0 Å². The minimum absolute atomic E-state index is 0.270. The monoisotopic (exact) mass is 215 g/mol. The number of benzene rings is 2. The molecule has 2 aromatic rings. The van der Waals surface area contributed by atoms with Crippen LogP contribution < -0.4 is 5.32 Å². The lowest BCUT2D eigenvalue weighted by molar-refractivity contribution is 0.734. The van der Waals surface area contributed by atoms with Gasteiger partial charge in [0.15, 0.2) is 0 Å². The minimum Gasteiger partial charge on any atom is -0.376 e. The smallest absolute Gasteiger partial charge is 0.0619 e. The van der Waals surface area contributed by atoms with Gasteiger partial charge >= 0.3 is 0 Å². The molecule has 0 aliphatic carbocycles. The Morgan fingerprint density at radius 2 is 1.87 bits per heavy atom. The van der Waals surface area contributed by atoms with Gasteiger partial charge in [0.25, 0.3) is 0 Å². The summed E-state index contributed by atoms with van der Waals surface area (Å²) in [7, 11) is 0. The fraction of sp³-hybridized carbons (Fsp3) is 0.154. The van der Waals surface area contributed by atoms with Crippen molar-refractivity contribution in [2.75, 3.05) is 0 Å². The van der Waals surface area contributed by atoms with Crippen LogP contribution in [0.4, 0.5) is 0 Å². The molecule has 0 heterocycles. The fourth-order valence-corrected chi connectivity index (χ4v) is 1.88. The van der Waals surface area contributed by atoms with Gasteiger partial charge in [-0.1, -0.05) is 48.6 Å². The molecule has 0 fully saturated rings. The van der Waals surface area contributed by atoms with Crippen LogP contribution >= 0.6 is 12.2 Å². The maximum absolute atomic E-state index is 4.79. The predicted molar refractivity (Wildman–Crippen MR) is 69.2 cm³/mol. The van der Waals surface area contributed by atoms with E-state index < -0.39 is 0 Å². The van der Waals surface area contributed by atoms with Crippen molar-refractivity contribution in [2.45, 2.75) is 13.0 Å². The molecular weight excluding hydrogens is 202 g/mol. The third-order valence-electron chi connectivity index (χ3n) is 2.59. The van der Waals surface area contributed by atoms with Crippen LogP contribution in [0.2, 0.25) is 0 Å². The zero-order chi connectivity index (χ0) is 10.7. The van der Waals surface area contributed by atoms with Crippen molar-refractivity contribution in [1.29, 1.82) is 0 Å². The number of hydrogen-bond acceptors (Lipinski definition) is 1. The highest BCUT2D eigenvalue weighted by Gasteiger charge is 2.02. The molecule has 0 amide bonds. The molecule has 76 valence electrons. The second kappa shape index (κ2) is 4.41. The minimum atomic E-state index is 0.270. The molecule has 0 spiro atoms. The number of fused-ring (bicyclic) bond motifs is 1. The van der Waals surface area contributed by atoms with E-state index in [1.165, 1.54) is 16.3 Å². The van der Waals surface area contributed by atoms with Crippen LogP contribution in [-0.4, -0.2) is 5.49 Å². The van der Waals surface area contributed by atoms with Gasteiger partial charge in [0.1, 0.15) is 0 Å². The van der Waals surface area contributed by atoms with E-state index in [2.05, 4.69) is 54.7 Å². The average molecular weight is 215 g/mol. The summed E-state index contributed by atoms with van der Waals surface area (Å²) in [5.41, 5.74) is 2.83. The van der Waals surface area contributed by atoms with E-state index in [1.54, 1.807) is 5.49 Å². The van der Waals surface area contributed by atoms with Crippen molar-refractivity contribution < 1.29 is 0 Å². The normalized spacial score (nSPS) is 12.3. The van der Waals surface area contributed by atoms with Crippen molar-refractivity contribution >= 4 is 28.5 Å². The Balaban J connectivity index is 2.42. The molecule has 0 aliphatic rings. The fourth-order valence-electron chi connectivity index (χ4n) is 1.68. The Morgan fingerprint density at radius 3 is 2.60 bits per heavy atom. The predicted octanol–water partition coefficient (Wildman–Crippen LogP) is 3.45. The number of thiocarbonyl (C=S) groups is 1. The highest BCUT2D eigenvalue weighted by atomic mass is 32.1. The van der Waals surface area contributed by atoms with Crippen molar-refractivity contribution in [3.63, 3.8) is 0 Å². The first kappa shape index (κ1) is 10.1. The summed E-state index contributed by atoms with van der Waals surface area (Å²) in [5, 5.41) is 5.66. The van der Waals surface area contributed by atoms with Gasteiger partial charge in [-0.3, -0.25) is 0 Å². The van der Waals surface area contributed by atoms with Gasteiger partial charge in [0.05, 0.1) is 5.49 Å². The third kappa shape index (κ3) is 2.16. The van der Waals surface area contributed by atoms with Crippen LogP contribution in [0, 0.1) is 0 Å². The molecule has 0 bridgehead atoms. The molecule has 2 heteroatoms. The van der Waals surface area contributed by atoms with E-state index in [0.717, 1.165) is 0 Å². The lowest BCUT2D eigenvalue weighted by Crippen LogP contribution is -2.14. The van der Waals surface area contributed by atoms with Crippen LogP contribution in [-0.2, 0) is 0 Å². The molecule has 1 N–H and O–H groups in total. The maximum Gasteiger partial charge on any atom is 0.0619 e. The number of rotatable bonds is 3. The SMILES string of the molecule is CC(NC=S)c1ccc2ccccc2c1. The molecule has 0 saturated heterocycles. The standard InChI is InChI=1S/C13H13NS/c1-10(14-9-15)12-7-6-11-4-2-3-5-13(11)8-12/h2-10H,1H3,(H,14,15). The van der Waals surface area contributed by atoms with Crippen LogP contribution in [0.1, 0.15) is 18.5 Å². The summed E-state index contributed by atoms with van der Waals surface area (Å²) in [6, 6.07) is 15.1. The molecule has 1 unspecified atom stereocenters. The van der Waals surface area contributed by atoms with E-state index in [0.29, 0.717) is 0 Å². The van der Waals surface area contributed by atoms with Gasteiger partial charge in [0.2, 0.25) is 0 Å². The molecule has 0 aliphatic heterocycles. The molecular formula is C13H13NS. The maximum atomic E-state index is 4.79. The first-order chi connectivity index (χ1) is 7.31. The van der Waals surface area contributed by atoms with Crippen LogP contribution in [0.3, 0.4) is 0 Å². The second-order valence-corrected chi connectivity index (χ2v) is 3.85. The molecule has 2 aromatic carbocycles. The van der Waals surface area contributed by atoms with Crippen LogP contribution in [0.5, 0.6) is 0 Å². The first-order valence-electron chi connectivity index (χ1n) is 4.99. The van der Waals surface area contributed by atoms with E-state index in [1.807, 2.05) is 0 Å². The van der Waals surface area contributed by atoms with Gasteiger partial charge in [-0.15, -0.1) is 0 Å². The Kier molecular flexibility index (Phi) is 2.97. The quantitative estimate of drug-likeness (QED) is 0.787. The highest BCUT2D eigenvalue weighted by Crippen LogP contribution is 2.19. The molecule has 1 atom stereocenters. The van der Waals surface area contributed by atoms with Crippen LogP contribution in [0.15, 0.2) is 42.5 Å². The first-order valence-corrected chi connectivity index (χ1v) is 5.47. The molecule has 1 nitrogen and oxygen atoms in total. The van der Waals surface area contributed by atoms with Gasteiger partial charge < -0.3 is 5.32 Å². The summed E-state index contributed by atoms with van der Waals surface area (Å²) >= 11 is 4.79. The van der Waals surface area contributed by atoms with E-state index in [4.69, 9.17) is 12.2 Å². The summed E-state index contributed by atoms with van der Waals surface area (Å²) in [4.78, 5) is 0. The molecule has 0 aromatic heterocycles. The summed E-state index contributed by atoms with van der Waals surface area (Å²) < 4.78 is 0. The van der Waals surface area contributed by atoms with Crippen molar-refractivity contribution in [2.24, 2.45) is 0 Å². The highest BCUT2D eigenvalue weighted by molar-refractivity contribution is 7.78. The topological polar surface area (TPSA) is 12.0 Å². The lowest BCUT2D eigenvalue weighted by atomic mass is 10.0. The Morgan fingerprint density at radius 1 is 1.13 bits per heavy atom. The zero-order valence-electron chi connectivity index (χ0n) is 8.60. The second-order valence-electron chi connectivity index (χ2n) is 3.61. The zero-order valence-corrected chi connectivity index (χ0v) is 9.42. The summed E-state index contributed by atoms with van der Waals surface area (Å²) in [5.74, 6) is 0. The molecule has 15 heavy (non-hydrogen) atoms.